The quantitative estimate of drug-likeness (QED) is 0.573. The third-order valence-corrected chi connectivity index (χ3v) is 4.03. The Hall–Kier alpha value is -2.05. The van der Waals surface area contributed by atoms with E-state index >= 15 is 0 Å². The number of hydrogen-bond acceptors (Lipinski definition) is 5. The number of aliphatic carboxylic acids is 1. The Kier molecular flexibility index (Phi) is 2.21. The average Bonchev–Trinajstić information content (AvgIpc) is 2.78. The van der Waals surface area contributed by atoms with Crippen molar-refractivity contribution in [3.05, 3.63) is 11.8 Å². The lowest BCUT2D eigenvalue weighted by Crippen LogP contribution is -2.68. The number of hydrogen-bond donors (Lipinski definition) is 1. The Morgan fingerprint density at radius 1 is 1.53 bits per heavy atom. The van der Waals surface area contributed by atoms with Gasteiger partial charge in [-0.25, -0.2) is 9.59 Å². The average molecular weight is 267 g/mol. The van der Waals surface area contributed by atoms with Crippen LogP contribution in [-0.4, -0.2) is 46.3 Å². The minimum atomic E-state index is -1.12. The summed E-state index contributed by atoms with van der Waals surface area (Å²) < 4.78 is 9.86. The van der Waals surface area contributed by atoms with Gasteiger partial charge >= 0.3 is 12.1 Å². The minimum Gasteiger partial charge on any atom is -0.477 e. The van der Waals surface area contributed by atoms with E-state index in [1.165, 1.54) is 4.90 Å². The SMILES string of the molecule is C[C@H]1C=C(C(=O)O)N2C(=O)[C@H]([C@@]3(C)COC(=O)O3)[C@@H]12. The number of carbonyl (C=O) groups is 3. The number of carboxylic acid groups (broad SMARTS) is 1. The Balaban J connectivity index is 1.88. The second kappa shape index (κ2) is 3.49. The van der Waals surface area contributed by atoms with Gasteiger partial charge in [-0.15, -0.1) is 0 Å². The van der Waals surface area contributed by atoms with Crippen molar-refractivity contribution in [2.45, 2.75) is 25.5 Å². The number of cyclic esters (lactones) is 2. The summed E-state index contributed by atoms with van der Waals surface area (Å²) in [5, 5.41) is 9.06. The molecule has 4 atom stereocenters. The summed E-state index contributed by atoms with van der Waals surface area (Å²) in [4.78, 5) is 35.6. The van der Waals surface area contributed by atoms with E-state index in [9.17, 15) is 14.4 Å². The van der Waals surface area contributed by atoms with Crippen LogP contribution in [0.4, 0.5) is 4.79 Å². The van der Waals surface area contributed by atoms with Crippen molar-refractivity contribution in [2.75, 3.05) is 6.61 Å². The molecule has 7 heteroatoms. The van der Waals surface area contributed by atoms with Crippen LogP contribution >= 0.6 is 0 Å². The highest BCUT2D eigenvalue weighted by Crippen LogP contribution is 2.48. The van der Waals surface area contributed by atoms with Gasteiger partial charge in [0.2, 0.25) is 5.91 Å². The Morgan fingerprint density at radius 2 is 2.21 bits per heavy atom. The van der Waals surface area contributed by atoms with Gasteiger partial charge < -0.3 is 19.5 Å². The maximum Gasteiger partial charge on any atom is 0.509 e. The highest BCUT2D eigenvalue weighted by atomic mass is 16.8. The molecule has 3 aliphatic rings. The van der Waals surface area contributed by atoms with Gasteiger partial charge in [0.15, 0.2) is 5.60 Å². The first-order chi connectivity index (χ1) is 8.85. The van der Waals surface area contributed by atoms with E-state index in [-0.39, 0.29) is 30.2 Å². The van der Waals surface area contributed by atoms with E-state index in [0.29, 0.717) is 0 Å². The summed E-state index contributed by atoms with van der Waals surface area (Å²) >= 11 is 0. The predicted octanol–water partition coefficient (Wildman–Crippen LogP) is 0.357. The Bertz CT molecular complexity index is 526. The molecule has 1 N–H and O–H groups in total. The summed E-state index contributed by atoms with van der Waals surface area (Å²) in [6.45, 7) is 3.50. The zero-order chi connectivity index (χ0) is 13.9. The molecule has 2 fully saturated rings. The van der Waals surface area contributed by atoms with Crippen LogP contribution in [0.5, 0.6) is 0 Å². The highest BCUT2D eigenvalue weighted by molar-refractivity contribution is 5.99. The van der Waals surface area contributed by atoms with E-state index in [1.807, 2.05) is 6.92 Å². The monoisotopic (exact) mass is 267 g/mol. The molecular weight excluding hydrogens is 254 g/mol. The summed E-state index contributed by atoms with van der Waals surface area (Å²) in [7, 11) is 0. The van der Waals surface area contributed by atoms with Gasteiger partial charge in [0, 0.05) is 0 Å². The second-order valence-corrected chi connectivity index (χ2v) is 5.35. The first-order valence-electron chi connectivity index (χ1n) is 5.99. The molecule has 0 aliphatic carbocycles. The van der Waals surface area contributed by atoms with Crippen LogP contribution in [0.15, 0.2) is 11.8 Å². The van der Waals surface area contributed by atoms with E-state index < -0.39 is 23.6 Å². The van der Waals surface area contributed by atoms with Crippen LogP contribution < -0.4 is 0 Å². The first kappa shape index (κ1) is 12.0. The van der Waals surface area contributed by atoms with Crippen molar-refractivity contribution >= 4 is 18.0 Å². The molecule has 3 rings (SSSR count). The van der Waals surface area contributed by atoms with Crippen molar-refractivity contribution in [1.29, 1.82) is 0 Å². The third kappa shape index (κ3) is 1.41. The molecule has 3 aliphatic heterocycles. The van der Waals surface area contributed by atoms with Gasteiger partial charge in [-0.2, -0.15) is 0 Å². The molecule has 19 heavy (non-hydrogen) atoms. The first-order valence-corrected chi connectivity index (χ1v) is 5.99. The molecule has 3 heterocycles. The standard InChI is InChI=1S/C12H13NO6/c1-5-3-6(10(15)16)13-8(5)7(9(13)14)12(2)4-18-11(17)19-12/h3,5,7-8H,4H2,1-2H3,(H,15,16)/t5-,7+,8+,12+/m0/s1. The van der Waals surface area contributed by atoms with Gasteiger partial charge in [-0.3, -0.25) is 4.79 Å². The van der Waals surface area contributed by atoms with Gasteiger partial charge in [0.05, 0.1) is 6.04 Å². The highest BCUT2D eigenvalue weighted by Gasteiger charge is 2.65. The zero-order valence-electron chi connectivity index (χ0n) is 10.5. The Morgan fingerprint density at radius 3 is 2.74 bits per heavy atom. The van der Waals surface area contributed by atoms with Gasteiger partial charge in [-0.1, -0.05) is 6.92 Å². The largest absolute Gasteiger partial charge is 0.509 e. The fourth-order valence-corrected chi connectivity index (χ4v) is 3.16. The summed E-state index contributed by atoms with van der Waals surface area (Å²) in [6, 6.07) is -0.280. The van der Waals surface area contributed by atoms with Crippen molar-refractivity contribution < 1.29 is 29.0 Å². The van der Waals surface area contributed by atoms with Crippen LogP contribution in [0.25, 0.3) is 0 Å². The van der Waals surface area contributed by atoms with Gasteiger partial charge in [0.25, 0.3) is 0 Å². The molecule has 0 unspecified atom stereocenters. The van der Waals surface area contributed by atoms with Crippen LogP contribution in [-0.2, 0) is 19.1 Å². The number of fused-ring (bicyclic) bond motifs is 1. The summed E-state index contributed by atoms with van der Waals surface area (Å²) in [6.07, 6.45) is 0.775. The number of carbonyl (C=O) groups excluding carboxylic acids is 2. The zero-order valence-corrected chi connectivity index (χ0v) is 10.5. The second-order valence-electron chi connectivity index (χ2n) is 5.35. The van der Waals surface area contributed by atoms with E-state index in [1.54, 1.807) is 13.0 Å². The normalized spacial score (nSPS) is 40.2. The summed E-state index contributed by atoms with van der Waals surface area (Å²) in [5.74, 6) is -2.10. The number of ether oxygens (including phenoxy) is 2. The topological polar surface area (TPSA) is 93.1 Å². The van der Waals surface area contributed by atoms with Crippen molar-refractivity contribution in [2.24, 2.45) is 11.8 Å². The lowest BCUT2D eigenvalue weighted by molar-refractivity contribution is -0.170. The molecule has 0 aromatic rings. The predicted molar refractivity (Wildman–Crippen MR) is 59.8 cm³/mol. The van der Waals surface area contributed by atoms with Crippen LogP contribution in [0.1, 0.15) is 13.8 Å². The third-order valence-electron chi connectivity index (χ3n) is 4.03. The Labute approximate surface area is 108 Å². The molecule has 0 bridgehead atoms. The number of β-lactam (4-membered cyclic amide) rings is 1. The van der Waals surface area contributed by atoms with Gasteiger partial charge in [-0.05, 0) is 18.9 Å². The molecule has 0 aromatic carbocycles. The number of amides is 1. The lowest BCUT2D eigenvalue weighted by Gasteiger charge is -2.49. The van der Waals surface area contributed by atoms with Gasteiger partial charge in [0.1, 0.15) is 18.2 Å². The van der Waals surface area contributed by atoms with Crippen molar-refractivity contribution in [1.82, 2.24) is 4.90 Å². The van der Waals surface area contributed by atoms with Crippen LogP contribution in [0, 0.1) is 11.8 Å². The number of carboxylic acids is 1. The number of nitrogens with zero attached hydrogens (tertiary/aromatic N) is 1. The molecule has 0 radical (unpaired) electrons. The fourth-order valence-electron chi connectivity index (χ4n) is 3.16. The lowest BCUT2D eigenvalue weighted by atomic mass is 9.72. The van der Waals surface area contributed by atoms with Crippen molar-refractivity contribution in [3.8, 4) is 0 Å². The van der Waals surface area contributed by atoms with E-state index in [0.717, 1.165) is 0 Å². The molecule has 1 amide bonds. The van der Waals surface area contributed by atoms with Crippen molar-refractivity contribution in [3.63, 3.8) is 0 Å². The van der Waals surface area contributed by atoms with Crippen LogP contribution in [0.3, 0.4) is 0 Å². The van der Waals surface area contributed by atoms with E-state index in [4.69, 9.17) is 14.6 Å². The smallest absolute Gasteiger partial charge is 0.477 e. The molecule has 0 aromatic heterocycles. The fraction of sp³-hybridized carbons (Fsp3) is 0.583. The maximum atomic E-state index is 12.2. The molecule has 102 valence electrons. The molecule has 0 saturated carbocycles. The van der Waals surface area contributed by atoms with Crippen LogP contribution in [0.2, 0.25) is 0 Å². The molecule has 2 saturated heterocycles. The minimum absolute atomic E-state index is 0.00703. The molecule has 0 spiro atoms. The van der Waals surface area contributed by atoms with E-state index in [2.05, 4.69) is 0 Å². The molecular formula is C12H13NO6. The summed E-state index contributed by atoms with van der Waals surface area (Å²) in [5.41, 5.74) is -1.00. The number of rotatable bonds is 2. The maximum absolute atomic E-state index is 12.2. The molecule has 7 nitrogen and oxygen atoms in total.